The number of imidazole rings is 1. The molecule has 0 bridgehead atoms. The normalized spacial score (nSPS) is 11.2. The van der Waals surface area contributed by atoms with Gasteiger partial charge in [0.25, 0.3) is 0 Å². The third-order valence-corrected chi connectivity index (χ3v) is 3.08. The first kappa shape index (κ1) is 13.2. The van der Waals surface area contributed by atoms with Crippen LogP contribution in [0.15, 0.2) is 35.1 Å². The summed E-state index contributed by atoms with van der Waals surface area (Å²) in [5.74, 6) is 0.526. The lowest BCUT2D eigenvalue weighted by Gasteiger charge is -2.12. The SMILES string of the molecule is CN(C)CCn1ccnc1-c1cc(F)cc(Br)c1. The summed E-state index contributed by atoms with van der Waals surface area (Å²) in [5, 5.41) is 0. The highest BCUT2D eigenvalue weighted by Gasteiger charge is 2.08. The van der Waals surface area contributed by atoms with Crippen LogP contribution < -0.4 is 0 Å². The fraction of sp³-hybridized carbons (Fsp3) is 0.308. The molecule has 96 valence electrons. The van der Waals surface area contributed by atoms with Gasteiger partial charge in [0.05, 0.1) is 0 Å². The molecule has 1 aromatic carbocycles. The number of likely N-dealkylation sites (N-methyl/N-ethyl adjacent to an activating group) is 1. The van der Waals surface area contributed by atoms with Crippen LogP contribution in [0, 0.1) is 5.82 Å². The maximum atomic E-state index is 13.4. The number of halogens is 2. The van der Waals surface area contributed by atoms with E-state index < -0.39 is 0 Å². The van der Waals surface area contributed by atoms with Crippen molar-refractivity contribution in [2.24, 2.45) is 0 Å². The summed E-state index contributed by atoms with van der Waals surface area (Å²) in [6.45, 7) is 1.75. The van der Waals surface area contributed by atoms with Crippen LogP contribution in [0.4, 0.5) is 4.39 Å². The molecule has 0 saturated carbocycles. The summed E-state index contributed by atoms with van der Waals surface area (Å²) < 4.78 is 16.1. The number of hydrogen-bond donors (Lipinski definition) is 0. The van der Waals surface area contributed by atoms with Gasteiger partial charge in [0.1, 0.15) is 11.6 Å². The van der Waals surface area contributed by atoms with Crippen molar-refractivity contribution in [2.75, 3.05) is 20.6 Å². The molecule has 0 saturated heterocycles. The Kier molecular flexibility index (Phi) is 4.14. The molecule has 2 rings (SSSR count). The Labute approximate surface area is 114 Å². The van der Waals surface area contributed by atoms with Gasteiger partial charge >= 0.3 is 0 Å². The minimum absolute atomic E-state index is 0.262. The molecule has 3 nitrogen and oxygen atoms in total. The Morgan fingerprint density at radius 2 is 2.11 bits per heavy atom. The summed E-state index contributed by atoms with van der Waals surface area (Å²) in [6, 6.07) is 4.81. The van der Waals surface area contributed by atoms with Crippen LogP contribution in [0.5, 0.6) is 0 Å². The van der Waals surface area contributed by atoms with Crippen LogP contribution in [0.1, 0.15) is 0 Å². The predicted molar refractivity (Wildman–Crippen MR) is 73.9 cm³/mol. The zero-order valence-corrected chi connectivity index (χ0v) is 12.0. The van der Waals surface area contributed by atoms with Crippen LogP contribution in [-0.4, -0.2) is 35.1 Å². The molecule has 18 heavy (non-hydrogen) atoms. The minimum Gasteiger partial charge on any atom is -0.330 e. The fourth-order valence-corrected chi connectivity index (χ4v) is 2.21. The predicted octanol–water partition coefficient (Wildman–Crippen LogP) is 3.01. The molecule has 0 unspecified atom stereocenters. The zero-order valence-electron chi connectivity index (χ0n) is 10.4. The highest BCUT2D eigenvalue weighted by molar-refractivity contribution is 9.10. The summed E-state index contributed by atoms with van der Waals surface area (Å²) in [7, 11) is 4.05. The van der Waals surface area contributed by atoms with E-state index >= 15 is 0 Å². The lowest BCUT2D eigenvalue weighted by Crippen LogP contribution is -2.18. The molecule has 0 N–H and O–H groups in total. The van der Waals surface area contributed by atoms with E-state index in [4.69, 9.17) is 0 Å². The quantitative estimate of drug-likeness (QED) is 0.865. The molecular formula is C13H15BrFN3. The van der Waals surface area contributed by atoms with E-state index in [1.165, 1.54) is 12.1 Å². The first-order valence-electron chi connectivity index (χ1n) is 5.68. The van der Waals surface area contributed by atoms with Crippen LogP contribution >= 0.6 is 15.9 Å². The van der Waals surface area contributed by atoms with Gasteiger partial charge in [-0.3, -0.25) is 0 Å². The molecule has 0 fully saturated rings. The minimum atomic E-state index is -0.262. The van der Waals surface area contributed by atoms with E-state index in [1.54, 1.807) is 6.20 Å². The number of nitrogens with zero attached hydrogens (tertiary/aromatic N) is 3. The van der Waals surface area contributed by atoms with Crippen LogP contribution in [0.25, 0.3) is 11.4 Å². The van der Waals surface area contributed by atoms with Crippen molar-refractivity contribution in [1.29, 1.82) is 0 Å². The van der Waals surface area contributed by atoms with Crippen molar-refractivity contribution in [1.82, 2.24) is 14.5 Å². The van der Waals surface area contributed by atoms with Gasteiger partial charge in [0, 0.05) is 35.5 Å². The average Bonchev–Trinajstić information content (AvgIpc) is 2.72. The zero-order chi connectivity index (χ0) is 13.1. The monoisotopic (exact) mass is 311 g/mol. The van der Waals surface area contributed by atoms with Crippen molar-refractivity contribution in [3.8, 4) is 11.4 Å². The Morgan fingerprint density at radius 1 is 1.33 bits per heavy atom. The Hall–Kier alpha value is -1.20. The second-order valence-corrected chi connectivity index (χ2v) is 5.32. The Morgan fingerprint density at radius 3 is 2.78 bits per heavy atom. The van der Waals surface area contributed by atoms with Gasteiger partial charge in [-0.05, 0) is 32.3 Å². The van der Waals surface area contributed by atoms with Crippen LogP contribution in [-0.2, 0) is 6.54 Å². The molecule has 2 aromatic rings. The largest absolute Gasteiger partial charge is 0.330 e. The van der Waals surface area contributed by atoms with Gasteiger partial charge in [-0.1, -0.05) is 15.9 Å². The number of hydrogen-bond acceptors (Lipinski definition) is 2. The lowest BCUT2D eigenvalue weighted by atomic mass is 10.2. The molecule has 0 spiro atoms. The van der Waals surface area contributed by atoms with Gasteiger partial charge in [0.2, 0.25) is 0 Å². The molecule has 0 aliphatic carbocycles. The number of aromatic nitrogens is 2. The smallest absolute Gasteiger partial charge is 0.140 e. The summed E-state index contributed by atoms with van der Waals surface area (Å²) >= 11 is 3.30. The molecule has 0 aliphatic rings. The van der Waals surface area contributed by atoms with E-state index in [1.807, 2.05) is 30.9 Å². The lowest BCUT2D eigenvalue weighted by molar-refractivity contribution is 0.385. The summed E-state index contributed by atoms with van der Waals surface area (Å²) in [6.07, 6.45) is 3.65. The van der Waals surface area contributed by atoms with Crippen molar-refractivity contribution in [3.63, 3.8) is 0 Å². The number of benzene rings is 1. The second kappa shape index (κ2) is 5.63. The molecule has 0 amide bonds. The van der Waals surface area contributed by atoms with E-state index in [0.717, 1.165) is 29.0 Å². The highest BCUT2D eigenvalue weighted by Crippen LogP contribution is 2.23. The van der Waals surface area contributed by atoms with Gasteiger partial charge in [-0.15, -0.1) is 0 Å². The van der Waals surface area contributed by atoms with E-state index in [2.05, 4.69) is 25.8 Å². The fourth-order valence-electron chi connectivity index (χ4n) is 1.74. The number of rotatable bonds is 4. The average molecular weight is 312 g/mol. The highest BCUT2D eigenvalue weighted by atomic mass is 79.9. The van der Waals surface area contributed by atoms with E-state index in [9.17, 15) is 4.39 Å². The molecule has 0 atom stereocenters. The second-order valence-electron chi connectivity index (χ2n) is 4.41. The van der Waals surface area contributed by atoms with Gasteiger partial charge in [0.15, 0.2) is 0 Å². The summed E-state index contributed by atoms with van der Waals surface area (Å²) in [5.41, 5.74) is 0.783. The first-order chi connectivity index (χ1) is 8.56. The Balaban J connectivity index is 2.30. The maximum absolute atomic E-state index is 13.4. The molecule has 0 radical (unpaired) electrons. The standard InChI is InChI=1S/C13H15BrFN3/c1-17(2)5-6-18-4-3-16-13(18)10-7-11(14)9-12(15)8-10/h3-4,7-9H,5-6H2,1-2H3. The molecule has 0 aliphatic heterocycles. The third-order valence-electron chi connectivity index (χ3n) is 2.62. The summed E-state index contributed by atoms with van der Waals surface area (Å²) in [4.78, 5) is 6.41. The first-order valence-corrected chi connectivity index (χ1v) is 6.48. The van der Waals surface area contributed by atoms with Crippen molar-refractivity contribution < 1.29 is 4.39 Å². The maximum Gasteiger partial charge on any atom is 0.140 e. The van der Waals surface area contributed by atoms with Gasteiger partial charge in [-0.25, -0.2) is 9.37 Å². The molecular weight excluding hydrogens is 297 g/mol. The van der Waals surface area contributed by atoms with E-state index in [-0.39, 0.29) is 5.82 Å². The topological polar surface area (TPSA) is 21.1 Å². The molecule has 5 heteroatoms. The molecule has 1 aromatic heterocycles. The van der Waals surface area contributed by atoms with Gasteiger partial charge in [-0.2, -0.15) is 0 Å². The van der Waals surface area contributed by atoms with Crippen molar-refractivity contribution in [3.05, 3.63) is 40.9 Å². The third kappa shape index (κ3) is 3.17. The van der Waals surface area contributed by atoms with E-state index in [0.29, 0.717) is 0 Å². The van der Waals surface area contributed by atoms with Crippen LogP contribution in [0.3, 0.4) is 0 Å². The van der Waals surface area contributed by atoms with Crippen molar-refractivity contribution >= 4 is 15.9 Å². The van der Waals surface area contributed by atoms with Gasteiger partial charge < -0.3 is 9.47 Å². The van der Waals surface area contributed by atoms with Crippen LogP contribution in [0.2, 0.25) is 0 Å². The molecule has 1 heterocycles. The van der Waals surface area contributed by atoms with Crippen molar-refractivity contribution in [2.45, 2.75) is 6.54 Å². The Bertz CT molecular complexity index is 517.